The fourth-order valence-corrected chi connectivity index (χ4v) is 4.61. The van der Waals surface area contributed by atoms with Gasteiger partial charge in [0, 0.05) is 36.2 Å². The quantitative estimate of drug-likeness (QED) is 0.700. The topological polar surface area (TPSA) is 94.8 Å². The van der Waals surface area contributed by atoms with Crippen LogP contribution in [0.3, 0.4) is 0 Å². The van der Waals surface area contributed by atoms with Crippen molar-refractivity contribution in [1.29, 1.82) is 0 Å². The highest BCUT2D eigenvalue weighted by Crippen LogP contribution is 2.26. The summed E-state index contributed by atoms with van der Waals surface area (Å²) in [5.74, 6) is 2.76. The predicted octanol–water partition coefficient (Wildman–Crippen LogP) is 1.94. The molecule has 2 aliphatic heterocycles. The Balaban J connectivity index is 1.42. The van der Waals surface area contributed by atoms with E-state index in [0.29, 0.717) is 24.7 Å². The second-order valence-corrected chi connectivity index (χ2v) is 8.21. The van der Waals surface area contributed by atoms with E-state index in [1.54, 1.807) is 24.5 Å². The van der Waals surface area contributed by atoms with Crippen LogP contribution < -0.4 is 10.9 Å². The van der Waals surface area contributed by atoms with Crippen molar-refractivity contribution in [2.24, 2.45) is 0 Å². The molecule has 3 aromatic heterocycles. The average Bonchev–Trinajstić information content (AvgIpc) is 3.22. The van der Waals surface area contributed by atoms with Crippen molar-refractivity contribution in [1.82, 2.24) is 25.0 Å². The van der Waals surface area contributed by atoms with Crippen LogP contribution in [0.5, 0.6) is 0 Å². The van der Waals surface area contributed by atoms with Gasteiger partial charge in [-0.1, -0.05) is 0 Å². The van der Waals surface area contributed by atoms with Gasteiger partial charge in [-0.25, -0.2) is 4.68 Å². The van der Waals surface area contributed by atoms with E-state index in [0.717, 1.165) is 29.2 Å². The van der Waals surface area contributed by atoms with Crippen molar-refractivity contribution in [3.05, 3.63) is 64.3 Å². The fourth-order valence-electron chi connectivity index (χ4n) is 3.66. The van der Waals surface area contributed by atoms with Crippen LogP contribution in [-0.2, 0) is 16.9 Å². The maximum atomic E-state index is 12.6. The van der Waals surface area contributed by atoms with E-state index in [-0.39, 0.29) is 17.6 Å². The van der Waals surface area contributed by atoms with Crippen LogP contribution in [-0.4, -0.2) is 50.0 Å². The molecule has 0 saturated carbocycles. The number of thioether (sulfide) groups is 1. The number of aromatic nitrogens is 5. The number of hydrogen-bond donors (Lipinski definition) is 1. The number of rotatable bonds is 4. The largest absolute Gasteiger partial charge is 0.377 e. The number of fused-ring (bicyclic) bond motifs is 1. The van der Waals surface area contributed by atoms with Gasteiger partial charge >= 0.3 is 0 Å². The summed E-state index contributed by atoms with van der Waals surface area (Å²) in [6.07, 6.45) is 4.41. The van der Waals surface area contributed by atoms with Crippen LogP contribution >= 0.6 is 11.8 Å². The highest BCUT2D eigenvalue weighted by molar-refractivity contribution is 7.98. The number of pyridine rings is 1. The monoisotopic (exact) mass is 408 g/mol. The van der Waals surface area contributed by atoms with Gasteiger partial charge in [-0.05, 0) is 35.6 Å². The lowest BCUT2D eigenvalue weighted by Gasteiger charge is -2.22. The first-order chi connectivity index (χ1) is 14.3. The number of nitrogens with one attached hydrogen (secondary N) is 1. The first kappa shape index (κ1) is 18.3. The molecular weight excluding hydrogens is 388 g/mol. The Morgan fingerprint density at radius 1 is 1.21 bits per heavy atom. The molecule has 0 radical (unpaired) electrons. The second-order valence-electron chi connectivity index (χ2n) is 7.10. The summed E-state index contributed by atoms with van der Waals surface area (Å²) in [4.78, 5) is 16.7. The number of aryl methyl sites for hydroxylation is 1. The van der Waals surface area contributed by atoms with Gasteiger partial charge in [0.15, 0.2) is 0 Å². The Hall–Kier alpha value is -2.78. The smallest absolute Gasteiger partial charge is 0.267 e. The third-order valence-electron chi connectivity index (χ3n) is 5.18. The number of nitrogens with zero attached hydrogens (tertiary/aromatic N) is 5. The molecule has 8 nitrogen and oxygen atoms in total. The third kappa shape index (κ3) is 3.75. The molecule has 1 N–H and O–H groups in total. The third-order valence-corrected chi connectivity index (χ3v) is 6.19. The molecule has 3 aromatic rings. The van der Waals surface area contributed by atoms with E-state index in [4.69, 9.17) is 4.74 Å². The van der Waals surface area contributed by atoms with Crippen molar-refractivity contribution in [3.8, 4) is 11.3 Å². The maximum absolute atomic E-state index is 12.6. The fraction of sp³-hybridized carbons (Fsp3) is 0.350. The Morgan fingerprint density at radius 2 is 2.17 bits per heavy atom. The average molecular weight is 408 g/mol. The molecule has 0 spiro atoms. The van der Waals surface area contributed by atoms with Gasteiger partial charge in [0.1, 0.15) is 11.9 Å². The van der Waals surface area contributed by atoms with Crippen LogP contribution in [0.2, 0.25) is 0 Å². The molecule has 29 heavy (non-hydrogen) atoms. The SMILES string of the molecule is O=c1ccc(-c2cccnc2)nn1C1COCC1Nc1cc2c(nn1)CCSC2. The van der Waals surface area contributed by atoms with Gasteiger partial charge in [-0.2, -0.15) is 22.0 Å². The standard InChI is InChI=1S/C20H20N6O2S/c27-20-4-3-16(13-2-1-6-21-9-13)25-26(20)18-11-28-10-17(18)22-19-8-14-12-29-7-5-15(14)23-24-19/h1-4,6,8-9,17-18H,5,7,10-12H2,(H,22,24). The maximum Gasteiger partial charge on any atom is 0.267 e. The zero-order valence-corrected chi connectivity index (χ0v) is 16.5. The van der Waals surface area contributed by atoms with Crippen molar-refractivity contribution in [3.63, 3.8) is 0 Å². The number of hydrogen-bond acceptors (Lipinski definition) is 8. The van der Waals surface area contributed by atoms with Gasteiger partial charge in [0.25, 0.3) is 5.56 Å². The summed E-state index contributed by atoms with van der Waals surface area (Å²) < 4.78 is 7.19. The summed E-state index contributed by atoms with van der Waals surface area (Å²) in [6.45, 7) is 0.888. The zero-order valence-electron chi connectivity index (χ0n) is 15.7. The van der Waals surface area contributed by atoms with E-state index in [9.17, 15) is 4.79 Å². The molecule has 9 heteroatoms. The summed E-state index contributed by atoms with van der Waals surface area (Å²) >= 11 is 1.91. The van der Waals surface area contributed by atoms with Gasteiger partial charge < -0.3 is 10.1 Å². The van der Waals surface area contributed by atoms with E-state index in [2.05, 4.69) is 31.7 Å². The molecule has 148 valence electrons. The van der Waals surface area contributed by atoms with Crippen LogP contribution in [0, 0.1) is 0 Å². The summed E-state index contributed by atoms with van der Waals surface area (Å²) in [5.41, 5.74) is 3.71. The minimum Gasteiger partial charge on any atom is -0.377 e. The molecule has 0 amide bonds. The Labute approximate surface area is 171 Å². The van der Waals surface area contributed by atoms with Crippen LogP contribution in [0.1, 0.15) is 17.3 Å². The molecule has 5 rings (SSSR count). The Morgan fingerprint density at radius 3 is 3.07 bits per heavy atom. The molecule has 1 saturated heterocycles. The lowest BCUT2D eigenvalue weighted by Crippen LogP contribution is -2.37. The number of anilines is 1. The molecule has 2 atom stereocenters. The van der Waals surface area contributed by atoms with Crippen LogP contribution in [0.15, 0.2) is 47.5 Å². The second kappa shape index (κ2) is 7.92. The van der Waals surface area contributed by atoms with Gasteiger partial charge in [-0.15, -0.1) is 5.10 Å². The predicted molar refractivity (Wildman–Crippen MR) is 111 cm³/mol. The number of ether oxygens (including phenoxy) is 1. The molecule has 2 aliphatic rings. The highest BCUT2D eigenvalue weighted by atomic mass is 32.2. The lowest BCUT2D eigenvalue weighted by molar-refractivity contribution is 0.183. The van der Waals surface area contributed by atoms with Gasteiger partial charge in [0.2, 0.25) is 0 Å². The molecule has 0 aliphatic carbocycles. The minimum absolute atomic E-state index is 0.118. The van der Waals surface area contributed by atoms with Gasteiger partial charge in [0.05, 0.1) is 30.6 Å². The first-order valence-corrected chi connectivity index (χ1v) is 10.7. The molecule has 5 heterocycles. The Kier molecular flexibility index (Phi) is 4.99. The van der Waals surface area contributed by atoms with Crippen molar-refractivity contribution in [2.45, 2.75) is 24.3 Å². The normalized spacial score (nSPS) is 21.0. The summed E-state index contributed by atoms with van der Waals surface area (Å²) in [5, 5.41) is 16.7. The lowest BCUT2D eigenvalue weighted by atomic mass is 10.1. The van der Waals surface area contributed by atoms with Crippen LogP contribution in [0.4, 0.5) is 5.82 Å². The molecule has 1 fully saturated rings. The minimum atomic E-state index is -0.230. The van der Waals surface area contributed by atoms with E-state index in [1.807, 2.05) is 23.9 Å². The van der Waals surface area contributed by atoms with E-state index in [1.165, 1.54) is 10.2 Å². The Bertz CT molecular complexity index is 1070. The highest BCUT2D eigenvalue weighted by Gasteiger charge is 2.32. The van der Waals surface area contributed by atoms with Crippen LogP contribution in [0.25, 0.3) is 11.3 Å². The summed E-state index contributed by atoms with van der Waals surface area (Å²) in [7, 11) is 0. The zero-order chi connectivity index (χ0) is 19.6. The van der Waals surface area contributed by atoms with Crippen molar-refractivity contribution >= 4 is 17.6 Å². The molecule has 0 bridgehead atoms. The van der Waals surface area contributed by atoms with Crippen molar-refractivity contribution < 1.29 is 4.74 Å². The van der Waals surface area contributed by atoms with Crippen molar-refractivity contribution in [2.75, 3.05) is 24.3 Å². The first-order valence-electron chi connectivity index (χ1n) is 9.56. The molecule has 2 unspecified atom stereocenters. The molecule has 0 aromatic carbocycles. The molecular formula is C20H20N6O2S. The van der Waals surface area contributed by atoms with E-state index >= 15 is 0 Å². The van der Waals surface area contributed by atoms with E-state index < -0.39 is 0 Å². The summed E-state index contributed by atoms with van der Waals surface area (Å²) in [6, 6.07) is 8.75. The van der Waals surface area contributed by atoms with Gasteiger partial charge in [-0.3, -0.25) is 9.78 Å².